The zero-order valence-electron chi connectivity index (χ0n) is 4.71. The fourth-order valence-electron chi connectivity index (χ4n) is 0.391. The maximum atomic E-state index is 9.69. The van der Waals surface area contributed by atoms with Gasteiger partial charge in [0, 0.05) is 0 Å². The summed E-state index contributed by atoms with van der Waals surface area (Å²) in [6.07, 6.45) is 1.51. The molecule has 0 spiro atoms. The van der Waals surface area contributed by atoms with Crippen molar-refractivity contribution in [3.8, 4) is 0 Å². The molecule has 0 bridgehead atoms. The predicted molar refractivity (Wildman–Crippen MR) is 34.0 cm³/mol. The number of nitrogens with zero attached hydrogens (tertiary/aromatic N) is 2. The summed E-state index contributed by atoms with van der Waals surface area (Å²) in [5.41, 5.74) is 0. The number of carbonyl (C=O) groups excluding carboxylic acids is 1. The van der Waals surface area contributed by atoms with E-state index in [0.717, 1.165) is 5.01 Å². The van der Waals surface area contributed by atoms with Crippen molar-refractivity contribution in [3.05, 3.63) is 5.01 Å². The first-order valence-electron chi connectivity index (χ1n) is 2.26. The van der Waals surface area contributed by atoms with Crippen LogP contribution < -0.4 is 5.32 Å². The van der Waals surface area contributed by atoms with Crippen LogP contribution in [0.4, 0.5) is 5.13 Å². The van der Waals surface area contributed by atoms with Gasteiger partial charge in [0.15, 0.2) is 0 Å². The molecule has 1 heterocycles. The van der Waals surface area contributed by atoms with Crippen LogP contribution in [0.3, 0.4) is 0 Å². The van der Waals surface area contributed by atoms with E-state index in [1.807, 2.05) is 6.92 Å². The summed E-state index contributed by atoms with van der Waals surface area (Å²) in [5.74, 6) is 0. The zero-order valence-corrected chi connectivity index (χ0v) is 5.53. The molecule has 0 saturated heterocycles. The Labute approximate surface area is 55.9 Å². The molecule has 0 unspecified atom stereocenters. The molecule has 9 heavy (non-hydrogen) atoms. The van der Waals surface area contributed by atoms with Crippen molar-refractivity contribution in [3.63, 3.8) is 0 Å². The minimum absolute atomic E-state index is 0.488. The van der Waals surface area contributed by atoms with Crippen LogP contribution in [0.1, 0.15) is 5.01 Å². The average molecular weight is 142 g/mol. The van der Waals surface area contributed by atoms with Crippen molar-refractivity contribution < 1.29 is 4.79 Å². The standard InChI is InChI=1S/C4H4N3OS/c1-3-6-7-4(9-3)5-2-8/h1H3,(H,5,7,8). The molecule has 1 N–H and O–H groups in total. The minimum Gasteiger partial charge on any atom is -0.292 e. The van der Waals surface area contributed by atoms with E-state index in [9.17, 15) is 4.79 Å². The fourth-order valence-corrected chi connectivity index (χ4v) is 0.927. The summed E-state index contributed by atoms with van der Waals surface area (Å²) in [7, 11) is 0. The number of hydrogen-bond donors (Lipinski definition) is 1. The molecule has 0 atom stereocenters. The molecule has 0 aliphatic carbocycles. The lowest BCUT2D eigenvalue weighted by Crippen LogP contribution is -1.91. The molecule has 5 heteroatoms. The van der Waals surface area contributed by atoms with Gasteiger partial charge in [-0.2, -0.15) is 0 Å². The third-order valence-electron chi connectivity index (χ3n) is 0.684. The molecular weight excluding hydrogens is 138 g/mol. The van der Waals surface area contributed by atoms with Crippen molar-refractivity contribution in [2.45, 2.75) is 6.92 Å². The molecule has 47 valence electrons. The van der Waals surface area contributed by atoms with Gasteiger partial charge in [-0.3, -0.25) is 10.1 Å². The largest absolute Gasteiger partial charge is 0.315 e. The second-order valence-electron chi connectivity index (χ2n) is 1.35. The fraction of sp³-hybridized carbons (Fsp3) is 0.250. The van der Waals surface area contributed by atoms with Crippen molar-refractivity contribution in [2.24, 2.45) is 0 Å². The molecule has 1 radical (unpaired) electrons. The number of amides is 1. The second kappa shape index (κ2) is 2.54. The molecule has 0 aromatic carbocycles. The van der Waals surface area contributed by atoms with Gasteiger partial charge in [0.1, 0.15) is 5.01 Å². The van der Waals surface area contributed by atoms with Gasteiger partial charge in [-0.15, -0.1) is 10.2 Å². The normalized spacial score (nSPS) is 9.00. The van der Waals surface area contributed by atoms with Crippen molar-refractivity contribution in [1.29, 1.82) is 0 Å². The van der Waals surface area contributed by atoms with Gasteiger partial charge in [0.2, 0.25) is 5.13 Å². The highest BCUT2D eigenvalue weighted by Crippen LogP contribution is 2.11. The van der Waals surface area contributed by atoms with Gasteiger partial charge < -0.3 is 0 Å². The van der Waals surface area contributed by atoms with Crippen molar-refractivity contribution in [1.82, 2.24) is 10.2 Å². The topological polar surface area (TPSA) is 54.9 Å². The summed E-state index contributed by atoms with van der Waals surface area (Å²) in [5, 5.41) is 10.8. The Morgan fingerprint density at radius 1 is 1.67 bits per heavy atom. The van der Waals surface area contributed by atoms with Crippen LogP contribution in [-0.4, -0.2) is 16.6 Å². The lowest BCUT2D eigenvalue weighted by atomic mass is 10.9. The highest BCUT2D eigenvalue weighted by atomic mass is 32.1. The summed E-state index contributed by atoms with van der Waals surface area (Å²) in [6, 6.07) is 0. The van der Waals surface area contributed by atoms with E-state index in [1.54, 1.807) is 0 Å². The van der Waals surface area contributed by atoms with Gasteiger partial charge in [0.25, 0.3) is 0 Å². The molecule has 1 rings (SSSR count). The average Bonchev–Trinajstić information content (AvgIpc) is 2.17. The summed E-state index contributed by atoms with van der Waals surface area (Å²) < 4.78 is 0. The van der Waals surface area contributed by atoms with E-state index in [-0.39, 0.29) is 0 Å². The Morgan fingerprint density at radius 2 is 2.44 bits per heavy atom. The first kappa shape index (κ1) is 6.15. The third-order valence-corrected chi connectivity index (χ3v) is 1.44. The number of hydrogen-bond acceptors (Lipinski definition) is 4. The number of nitrogens with one attached hydrogen (secondary N) is 1. The second-order valence-corrected chi connectivity index (χ2v) is 2.53. The number of rotatable bonds is 2. The first-order valence-corrected chi connectivity index (χ1v) is 3.08. The van der Waals surface area contributed by atoms with E-state index in [4.69, 9.17) is 0 Å². The van der Waals surface area contributed by atoms with Crippen LogP contribution in [-0.2, 0) is 4.79 Å². The molecule has 0 aliphatic rings. The van der Waals surface area contributed by atoms with Crippen LogP contribution in [0.25, 0.3) is 0 Å². The number of aromatic nitrogens is 2. The molecule has 1 aromatic rings. The zero-order chi connectivity index (χ0) is 6.69. The number of anilines is 1. The van der Waals surface area contributed by atoms with Crippen molar-refractivity contribution in [2.75, 3.05) is 5.32 Å². The molecule has 1 aromatic heterocycles. The van der Waals surface area contributed by atoms with Crippen LogP contribution in [0.2, 0.25) is 0 Å². The van der Waals surface area contributed by atoms with Gasteiger partial charge in [-0.1, -0.05) is 11.3 Å². The van der Waals surface area contributed by atoms with Gasteiger partial charge in [0.05, 0.1) is 0 Å². The van der Waals surface area contributed by atoms with Crippen LogP contribution in [0, 0.1) is 6.92 Å². The Bertz CT molecular complexity index is 209. The van der Waals surface area contributed by atoms with E-state index >= 15 is 0 Å². The smallest absolute Gasteiger partial charge is 0.292 e. The molecule has 4 nitrogen and oxygen atoms in total. The van der Waals surface area contributed by atoms with E-state index < -0.39 is 0 Å². The van der Waals surface area contributed by atoms with Crippen LogP contribution in [0.15, 0.2) is 0 Å². The Morgan fingerprint density at radius 3 is 2.89 bits per heavy atom. The molecule has 1 amide bonds. The quantitative estimate of drug-likeness (QED) is 0.605. The Kier molecular flexibility index (Phi) is 1.74. The van der Waals surface area contributed by atoms with E-state index in [1.165, 1.54) is 17.7 Å². The molecular formula is C4H4N3OS. The monoisotopic (exact) mass is 142 g/mol. The van der Waals surface area contributed by atoms with Gasteiger partial charge in [-0.25, -0.2) is 0 Å². The Balaban J connectivity index is 2.72. The summed E-state index contributed by atoms with van der Waals surface area (Å²) >= 11 is 1.32. The predicted octanol–water partition coefficient (Wildman–Crippen LogP) is 0.326. The maximum Gasteiger partial charge on any atom is 0.315 e. The van der Waals surface area contributed by atoms with Gasteiger partial charge >= 0.3 is 6.41 Å². The molecule has 0 fully saturated rings. The SMILES string of the molecule is Cc1nnc(N[C]=O)s1. The summed E-state index contributed by atoms with van der Waals surface area (Å²) in [4.78, 5) is 9.69. The Hall–Kier alpha value is -0.970. The summed E-state index contributed by atoms with van der Waals surface area (Å²) in [6.45, 7) is 1.81. The van der Waals surface area contributed by atoms with E-state index in [0.29, 0.717) is 5.13 Å². The third kappa shape index (κ3) is 1.46. The van der Waals surface area contributed by atoms with Crippen LogP contribution in [0.5, 0.6) is 0 Å². The molecule has 0 saturated carbocycles. The molecule has 0 aliphatic heterocycles. The van der Waals surface area contributed by atoms with Crippen molar-refractivity contribution >= 4 is 22.9 Å². The lowest BCUT2D eigenvalue weighted by molar-refractivity contribution is 0.561. The highest BCUT2D eigenvalue weighted by molar-refractivity contribution is 7.15. The van der Waals surface area contributed by atoms with Gasteiger partial charge in [-0.05, 0) is 6.92 Å². The van der Waals surface area contributed by atoms with Crippen LogP contribution >= 0.6 is 11.3 Å². The van der Waals surface area contributed by atoms with E-state index in [2.05, 4.69) is 15.5 Å². The first-order chi connectivity index (χ1) is 4.33. The minimum atomic E-state index is 0.488. The number of aryl methyl sites for hydroxylation is 1. The maximum absolute atomic E-state index is 9.69. The lowest BCUT2D eigenvalue weighted by Gasteiger charge is -1.80. The highest BCUT2D eigenvalue weighted by Gasteiger charge is 1.95.